The van der Waals surface area contributed by atoms with E-state index in [-0.39, 0.29) is 22.7 Å². The summed E-state index contributed by atoms with van der Waals surface area (Å²) in [5, 5.41) is 0. The number of hydrogen-bond acceptors (Lipinski definition) is 2. The van der Waals surface area contributed by atoms with E-state index >= 15 is 0 Å². The molecule has 0 aromatic heterocycles. The molecule has 124 valence electrons. The first-order valence-electron chi connectivity index (χ1n) is 8.59. The maximum absolute atomic E-state index is 11.6. The van der Waals surface area contributed by atoms with Crippen LogP contribution in [0.25, 0.3) is 0 Å². The van der Waals surface area contributed by atoms with Crippen molar-refractivity contribution in [3.8, 4) is 0 Å². The fourth-order valence-corrected chi connectivity index (χ4v) is 2.86. The Morgan fingerprint density at radius 1 is 1.17 bits per heavy atom. The van der Waals surface area contributed by atoms with Gasteiger partial charge in [-0.1, -0.05) is 67.7 Å². The zero-order valence-corrected chi connectivity index (χ0v) is 14.5. The summed E-state index contributed by atoms with van der Waals surface area (Å²) in [5.41, 5.74) is -0.0679. The number of hydrogen-bond donors (Lipinski definition) is 0. The van der Waals surface area contributed by atoms with Gasteiger partial charge in [-0.2, -0.15) is 0 Å². The molecule has 0 fully saturated rings. The quantitative estimate of drug-likeness (QED) is 0.500. The van der Waals surface area contributed by atoms with Gasteiger partial charge in [0, 0.05) is 10.8 Å². The third kappa shape index (κ3) is 4.82. The van der Waals surface area contributed by atoms with Crippen molar-refractivity contribution in [1.82, 2.24) is 0 Å². The molecule has 0 N–H and O–H groups in total. The summed E-state index contributed by atoms with van der Waals surface area (Å²) in [4.78, 5) is 11.6. The Morgan fingerprint density at radius 2 is 1.83 bits per heavy atom. The number of ether oxygens (including phenoxy) is 1. The van der Waals surface area contributed by atoms with Gasteiger partial charge in [0.15, 0.2) is 0 Å². The molecule has 0 aromatic rings. The Morgan fingerprint density at radius 3 is 2.43 bits per heavy atom. The fraction of sp³-hybridized carbons (Fsp3) is 0.476. The monoisotopic (exact) mass is 312 g/mol. The van der Waals surface area contributed by atoms with Gasteiger partial charge in [-0.15, -0.1) is 0 Å². The largest absolute Gasteiger partial charge is 0.466 e. The number of allylic oxidation sites excluding steroid dienone is 10. The number of esters is 1. The molecule has 1 spiro atoms. The minimum Gasteiger partial charge on any atom is -0.466 e. The third-order valence-electron chi connectivity index (χ3n) is 4.48. The van der Waals surface area contributed by atoms with E-state index in [4.69, 9.17) is 4.74 Å². The third-order valence-corrected chi connectivity index (χ3v) is 4.48. The maximum atomic E-state index is 11.6. The first-order chi connectivity index (χ1) is 11.0. The number of rotatable bonds is 6. The van der Waals surface area contributed by atoms with Crippen LogP contribution in [0.4, 0.5) is 0 Å². The highest BCUT2D eigenvalue weighted by Crippen LogP contribution is 2.38. The zero-order valence-electron chi connectivity index (χ0n) is 14.5. The molecule has 0 saturated carbocycles. The minimum atomic E-state index is -0.0950. The van der Waals surface area contributed by atoms with E-state index in [0.717, 1.165) is 19.3 Å². The Kier molecular flexibility index (Phi) is 5.81. The molecule has 2 rings (SSSR count). The predicted molar refractivity (Wildman–Crippen MR) is 95.9 cm³/mol. The van der Waals surface area contributed by atoms with Gasteiger partial charge in [0.05, 0.1) is 12.5 Å². The van der Waals surface area contributed by atoms with Crippen LogP contribution in [0, 0.1) is 16.7 Å². The van der Waals surface area contributed by atoms with Gasteiger partial charge >= 0.3 is 5.97 Å². The highest BCUT2D eigenvalue weighted by Gasteiger charge is 2.26. The first kappa shape index (κ1) is 17.5. The van der Waals surface area contributed by atoms with Crippen LogP contribution in [0.15, 0.2) is 60.8 Å². The van der Waals surface area contributed by atoms with E-state index in [2.05, 4.69) is 67.7 Å². The molecule has 0 heterocycles. The lowest BCUT2D eigenvalue weighted by Gasteiger charge is -2.30. The molecule has 0 aromatic carbocycles. The molecule has 2 aliphatic carbocycles. The van der Waals surface area contributed by atoms with Gasteiger partial charge in [0.1, 0.15) is 0 Å². The molecule has 0 radical (unpaired) electrons. The van der Waals surface area contributed by atoms with Crippen molar-refractivity contribution in [2.24, 2.45) is 16.7 Å². The van der Waals surface area contributed by atoms with Crippen LogP contribution in [-0.4, -0.2) is 12.6 Å². The van der Waals surface area contributed by atoms with Crippen LogP contribution < -0.4 is 0 Å². The summed E-state index contributed by atoms with van der Waals surface area (Å²) in [5.74, 6) is -0.131. The summed E-state index contributed by atoms with van der Waals surface area (Å²) in [6.45, 7) is 6.43. The molecule has 23 heavy (non-hydrogen) atoms. The summed E-state index contributed by atoms with van der Waals surface area (Å²) < 4.78 is 5.04. The van der Waals surface area contributed by atoms with Gasteiger partial charge in [0.2, 0.25) is 0 Å². The van der Waals surface area contributed by atoms with Crippen LogP contribution >= 0.6 is 0 Å². The normalized spacial score (nSPS) is 21.9. The molecule has 2 aliphatic rings. The Labute approximate surface area is 140 Å². The first-order valence-corrected chi connectivity index (χ1v) is 8.59. The van der Waals surface area contributed by atoms with Gasteiger partial charge in [-0.25, -0.2) is 0 Å². The van der Waals surface area contributed by atoms with Crippen molar-refractivity contribution in [1.29, 1.82) is 0 Å². The van der Waals surface area contributed by atoms with E-state index in [1.54, 1.807) is 0 Å². The van der Waals surface area contributed by atoms with Crippen LogP contribution in [0.5, 0.6) is 0 Å². The van der Waals surface area contributed by atoms with Crippen LogP contribution in [0.2, 0.25) is 0 Å². The topological polar surface area (TPSA) is 26.3 Å². The molecule has 0 aliphatic heterocycles. The van der Waals surface area contributed by atoms with E-state index in [1.807, 2.05) is 13.8 Å². The molecule has 0 saturated heterocycles. The second-order valence-electron chi connectivity index (χ2n) is 6.71. The summed E-state index contributed by atoms with van der Waals surface area (Å²) in [6, 6.07) is 0. The van der Waals surface area contributed by atoms with Crippen molar-refractivity contribution in [3.05, 3.63) is 60.8 Å². The van der Waals surface area contributed by atoms with Gasteiger partial charge in [-0.05, 0) is 33.1 Å². The number of carbonyl (C=O) groups excluding carboxylic acids is 1. The average Bonchev–Trinajstić information content (AvgIpc) is 2.56. The molecule has 1 atom stereocenters. The Bertz CT molecular complexity index is 532. The van der Waals surface area contributed by atoms with Crippen molar-refractivity contribution < 1.29 is 9.53 Å². The molecular formula is C21H28O2. The summed E-state index contributed by atoms with van der Waals surface area (Å²) in [6.07, 6.45) is 25.1. The van der Waals surface area contributed by atoms with E-state index in [9.17, 15) is 4.79 Å². The smallest absolute Gasteiger partial charge is 0.308 e. The van der Waals surface area contributed by atoms with Gasteiger partial charge < -0.3 is 4.74 Å². The fourth-order valence-electron chi connectivity index (χ4n) is 2.86. The second kappa shape index (κ2) is 7.63. The highest BCUT2D eigenvalue weighted by atomic mass is 16.5. The predicted octanol–water partition coefficient (Wildman–Crippen LogP) is 5.16. The lowest BCUT2D eigenvalue weighted by atomic mass is 9.74. The minimum absolute atomic E-state index is 0.0238. The second-order valence-corrected chi connectivity index (χ2v) is 6.71. The van der Waals surface area contributed by atoms with Crippen molar-refractivity contribution in [3.63, 3.8) is 0 Å². The van der Waals surface area contributed by atoms with Crippen molar-refractivity contribution in [2.75, 3.05) is 6.61 Å². The summed E-state index contributed by atoms with van der Waals surface area (Å²) >= 11 is 0. The lowest BCUT2D eigenvalue weighted by Crippen LogP contribution is -2.19. The van der Waals surface area contributed by atoms with Crippen LogP contribution in [0.3, 0.4) is 0 Å². The van der Waals surface area contributed by atoms with Gasteiger partial charge in [0.25, 0.3) is 0 Å². The van der Waals surface area contributed by atoms with Crippen LogP contribution in [0.1, 0.15) is 40.0 Å². The van der Waals surface area contributed by atoms with E-state index < -0.39 is 0 Å². The van der Waals surface area contributed by atoms with Crippen molar-refractivity contribution in [2.45, 2.75) is 40.0 Å². The molecule has 0 amide bonds. The van der Waals surface area contributed by atoms with E-state index in [1.165, 1.54) is 0 Å². The van der Waals surface area contributed by atoms with Gasteiger partial charge in [-0.3, -0.25) is 4.79 Å². The Balaban J connectivity index is 1.86. The summed E-state index contributed by atoms with van der Waals surface area (Å²) in [7, 11) is 0. The molecule has 0 bridgehead atoms. The van der Waals surface area contributed by atoms with Crippen molar-refractivity contribution >= 4 is 5.97 Å². The maximum Gasteiger partial charge on any atom is 0.308 e. The SMILES string of the molecule is CCOC(=O)C(C)CC/C=C\C1(C)C=CC2(C=CCC=C2)C=C1. The molecule has 2 heteroatoms. The number of carbonyl (C=O) groups is 1. The highest BCUT2D eigenvalue weighted by molar-refractivity contribution is 5.71. The standard InChI is InChI=1S/C21H28O2/c1-4-23-19(22)18(2)10-6-9-11-20(3)14-16-21(17-15-20)12-7-5-8-13-21/h7-9,11-18H,4-6,10H2,1-3H3/b11-9-. The Hall–Kier alpha value is -1.83. The lowest BCUT2D eigenvalue weighted by molar-refractivity contribution is -0.147. The average molecular weight is 312 g/mol. The molecule has 2 nitrogen and oxygen atoms in total. The zero-order chi connectivity index (χ0) is 16.8. The molecular weight excluding hydrogens is 284 g/mol. The molecule has 1 unspecified atom stereocenters. The van der Waals surface area contributed by atoms with Crippen LogP contribution in [-0.2, 0) is 9.53 Å². The van der Waals surface area contributed by atoms with E-state index in [0.29, 0.717) is 6.61 Å².